The van der Waals surface area contributed by atoms with Crippen LogP contribution in [0.5, 0.6) is 0 Å². The molecule has 0 saturated heterocycles. The molecule has 2 N–H and O–H groups in total. The van der Waals surface area contributed by atoms with E-state index in [2.05, 4.69) is 55.4 Å². The van der Waals surface area contributed by atoms with Crippen molar-refractivity contribution in [1.82, 2.24) is 0 Å². The summed E-state index contributed by atoms with van der Waals surface area (Å²) >= 11 is 0. The number of hydrogen-bond donors (Lipinski definition) is 2. The van der Waals surface area contributed by atoms with Crippen molar-refractivity contribution in [2.24, 2.45) is 56.7 Å². The molecule has 0 heterocycles. The van der Waals surface area contributed by atoms with Crippen LogP contribution in [0.3, 0.4) is 0 Å². The number of hydrogen-bond acceptors (Lipinski definition) is 2. The molecule has 2 nitrogen and oxygen atoms in total. The van der Waals surface area contributed by atoms with Gasteiger partial charge in [0.1, 0.15) is 0 Å². The maximum absolute atomic E-state index is 11.0. The molecule has 0 radical (unpaired) electrons. The first kappa shape index (κ1) is 23.7. The highest BCUT2D eigenvalue weighted by molar-refractivity contribution is 5.19. The van der Waals surface area contributed by atoms with Gasteiger partial charge in [-0.1, -0.05) is 41.5 Å². The highest BCUT2D eigenvalue weighted by Gasteiger charge is 2.71. The van der Waals surface area contributed by atoms with Crippen LogP contribution < -0.4 is 0 Å². The molecule has 0 bridgehead atoms. The molecule has 5 aliphatic carbocycles. The average Bonchev–Trinajstić information content (AvgIpc) is 3.03. The van der Waals surface area contributed by atoms with Crippen LogP contribution in [0.1, 0.15) is 120 Å². The first-order valence-electron chi connectivity index (χ1n) is 14.0. The van der Waals surface area contributed by atoms with Crippen molar-refractivity contribution < 1.29 is 10.2 Å². The summed E-state index contributed by atoms with van der Waals surface area (Å²) in [6, 6.07) is 0. The van der Waals surface area contributed by atoms with E-state index < -0.39 is 5.60 Å². The minimum atomic E-state index is -0.544. The van der Waals surface area contributed by atoms with E-state index in [0.717, 1.165) is 18.3 Å². The molecule has 0 unspecified atom stereocenters. The van der Waals surface area contributed by atoms with Gasteiger partial charge in [-0.2, -0.15) is 0 Å². The van der Waals surface area contributed by atoms with E-state index in [-0.39, 0.29) is 11.5 Å². The van der Waals surface area contributed by atoms with Gasteiger partial charge in [-0.05, 0) is 135 Å². The molecular formula is C30H52O2. The van der Waals surface area contributed by atoms with Gasteiger partial charge in [0.2, 0.25) is 0 Å². The van der Waals surface area contributed by atoms with Crippen molar-refractivity contribution in [3.63, 3.8) is 0 Å². The SMILES string of the molecule is CC(C)(O)[C@@H]1CC[C@]2(C)[C@H]3CC[C@@H]4[C@@]5(C)CC[C@@H](O)C(C)(C)[C@H]5CC[C@@]4(C)[C@]3(C)CC[C@@H]12. The number of rotatable bonds is 1. The fourth-order valence-electron chi connectivity index (χ4n) is 12.0. The van der Waals surface area contributed by atoms with Gasteiger partial charge in [0, 0.05) is 0 Å². The van der Waals surface area contributed by atoms with E-state index in [9.17, 15) is 10.2 Å². The minimum Gasteiger partial charge on any atom is -0.393 e. The van der Waals surface area contributed by atoms with Gasteiger partial charge in [0.25, 0.3) is 0 Å². The quantitative estimate of drug-likeness (QED) is 0.448. The molecule has 0 aliphatic heterocycles. The maximum atomic E-state index is 11.0. The second-order valence-corrected chi connectivity index (χ2v) is 15.4. The molecule has 2 heteroatoms. The van der Waals surface area contributed by atoms with E-state index >= 15 is 0 Å². The molecular weight excluding hydrogens is 392 g/mol. The Morgan fingerprint density at radius 3 is 1.75 bits per heavy atom. The summed E-state index contributed by atoms with van der Waals surface area (Å²) in [5, 5.41) is 21.9. The third-order valence-corrected chi connectivity index (χ3v) is 13.8. The molecule has 10 atom stereocenters. The molecule has 0 aromatic heterocycles. The van der Waals surface area contributed by atoms with Crippen LogP contribution in [-0.2, 0) is 0 Å². The van der Waals surface area contributed by atoms with Crippen molar-refractivity contribution in [1.29, 1.82) is 0 Å². The Balaban J connectivity index is 1.51. The first-order chi connectivity index (χ1) is 14.6. The zero-order valence-corrected chi connectivity index (χ0v) is 22.4. The van der Waals surface area contributed by atoms with Crippen LogP contribution >= 0.6 is 0 Å². The molecule has 5 fully saturated rings. The van der Waals surface area contributed by atoms with Gasteiger partial charge in [-0.15, -0.1) is 0 Å². The maximum Gasteiger partial charge on any atom is 0.0622 e. The normalized spacial score (nSPS) is 57.2. The summed E-state index contributed by atoms with van der Waals surface area (Å²) in [5.41, 5.74) is 1.07. The van der Waals surface area contributed by atoms with E-state index in [1.165, 1.54) is 57.8 Å². The number of fused-ring (bicyclic) bond motifs is 7. The third kappa shape index (κ3) is 2.72. The van der Waals surface area contributed by atoms with Gasteiger partial charge in [0.15, 0.2) is 0 Å². The summed E-state index contributed by atoms with van der Waals surface area (Å²) < 4.78 is 0. The molecule has 184 valence electrons. The Morgan fingerprint density at radius 1 is 0.625 bits per heavy atom. The van der Waals surface area contributed by atoms with E-state index in [1.54, 1.807) is 0 Å². The molecule has 5 saturated carbocycles. The summed E-state index contributed by atoms with van der Waals surface area (Å²) in [5.74, 6) is 3.39. The molecule has 5 aliphatic rings. The van der Waals surface area contributed by atoms with Gasteiger partial charge in [-0.25, -0.2) is 0 Å². The molecule has 0 amide bonds. The topological polar surface area (TPSA) is 40.5 Å². The molecule has 32 heavy (non-hydrogen) atoms. The predicted octanol–water partition coefficient (Wildman–Crippen LogP) is 7.22. The molecule has 0 spiro atoms. The van der Waals surface area contributed by atoms with Crippen LogP contribution in [0.2, 0.25) is 0 Å². The second kappa shape index (κ2) is 6.77. The standard InChI is InChI=1S/C30H52O2/c1-25(2)21-13-18-30(8)23(28(21,6)16-14-24(25)31)10-9-22-27(5)15-11-19(26(3,4)32)20(27)12-17-29(22,30)7/h19-24,31-32H,9-18H2,1-8H3/t19-,20+,21-,22-,23-,24-,27+,28+,29-,30-/m1/s1. The first-order valence-corrected chi connectivity index (χ1v) is 14.0. The molecule has 0 aromatic carbocycles. The lowest BCUT2D eigenvalue weighted by molar-refractivity contribution is -0.253. The van der Waals surface area contributed by atoms with E-state index in [0.29, 0.717) is 39.4 Å². The lowest BCUT2D eigenvalue weighted by atomic mass is 9.32. The van der Waals surface area contributed by atoms with Crippen LogP contribution in [0.25, 0.3) is 0 Å². The summed E-state index contributed by atoms with van der Waals surface area (Å²) in [6.07, 6.45) is 12.6. The van der Waals surface area contributed by atoms with Gasteiger partial charge >= 0.3 is 0 Å². The van der Waals surface area contributed by atoms with Crippen molar-refractivity contribution >= 4 is 0 Å². The number of aliphatic hydroxyl groups excluding tert-OH is 1. The van der Waals surface area contributed by atoms with Crippen molar-refractivity contribution in [3.05, 3.63) is 0 Å². The van der Waals surface area contributed by atoms with Crippen LogP contribution in [0, 0.1) is 56.7 Å². The highest BCUT2D eigenvalue weighted by atomic mass is 16.3. The molecule has 0 aromatic rings. The Kier molecular flexibility index (Phi) is 5.01. The minimum absolute atomic E-state index is 0.0428. The average molecular weight is 445 g/mol. The summed E-state index contributed by atoms with van der Waals surface area (Å²) in [6.45, 7) is 19.5. The Hall–Kier alpha value is -0.0800. The Morgan fingerprint density at radius 2 is 1.16 bits per heavy atom. The predicted molar refractivity (Wildman–Crippen MR) is 132 cm³/mol. The molecule has 5 rings (SSSR count). The zero-order chi connectivity index (χ0) is 23.5. The van der Waals surface area contributed by atoms with E-state index in [1.807, 2.05) is 0 Å². The number of aliphatic hydroxyl groups is 2. The second-order valence-electron chi connectivity index (χ2n) is 15.4. The Labute approximate surface area is 198 Å². The van der Waals surface area contributed by atoms with Crippen LogP contribution in [-0.4, -0.2) is 21.9 Å². The van der Waals surface area contributed by atoms with Gasteiger partial charge < -0.3 is 10.2 Å². The lowest BCUT2D eigenvalue weighted by Gasteiger charge is -2.73. The van der Waals surface area contributed by atoms with Crippen molar-refractivity contribution in [3.8, 4) is 0 Å². The van der Waals surface area contributed by atoms with Gasteiger partial charge in [-0.3, -0.25) is 0 Å². The fraction of sp³-hybridized carbons (Fsp3) is 1.00. The van der Waals surface area contributed by atoms with Crippen molar-refractivity contribution in [2.45, 2.75) is 131 Å². The lowest BCUT2D eigenvalue weighted by Crippen LogP contribution is -2.67. The largest absolute Gasteiger partial charge is 0.393 e. The van der Waals surface area contributed by atoms with Crippen molar-refractivity contribution in [2.75, 3.05) is 0 Å². The monoisotopic (exact) mass is 444 g/mol. The van der Waals surface area contributed by atoms with Crippen LogP contribution in [0.15, 0.2) is 0 Å². The van der Waals surface area contributed by atoms with E-state index in [4.69, 9.17) is 0 Å². The van der Waals surface area contributed by atoms with Gasteiger partial charge in [0.05, 0.1) is 11.7 Å². The third-order valence-electron chi connectivity index (χ3n) is 13.8. The summed E-state index contributed by atoms with van der Waals surface area (Å²) in [4.78, 5) is 0. The Bertz CT molecular complexity index is 765. The zero-order valence-electron chi connectivity index (χ0n) is 22.4. The smallest absolute Gasteiger partial charge is 0.0622 e. The van der Waals surface area contributed by atoms with Crippen LogP contribution in [0.4, 0.5) is 0 Å². The summed E-state index contributed by atoms with van der Waals surface area (Å²) in [7, 11) is 0. The highest BCUT2D eigenvalue weighted by Crippen LogP contribution is 2.78. The fourth-order valence-corrected chi connectivity index (χ4v) is 12.0.